The van der Waals surface area contributed by atoms with Gasteiger partial charge in [0.2, 0.25) is 0 Å². The number of aliphatic hydroxyl groups is 3. The summed E-state index contributed by atoms with van der Waals surface area (Å²) in [7, 11) is 0. The molecule has 2 fully saturated rings. The first-order valence-corrected chi connectivity index (χ1v) is 15.2. The summed E-state index contributed by atoms with van der Waals surface area (Å²) >= 11 is 2.77. The molecule has 4 heterocycles. The number of anilines is 2. The molecule has 5 rings (SSSR count). The molecule has 13 nitrogen and oxygen atoms in total. The van der Waals surface area contributed by atoms with E-state index < -0.39 is 40.3 Å². The van der Waals surface area contributed by atoms with Crippen molar-refractivity contribution >= 4 is 41.1 Å². The van der Waals surface area contributed by atoms with Gasteiger partial charge in [0.15, 0.2) is 0 Å². The first-order chi connectivity index (χ1) is 20.0. The maximum Gasteiger partial charge on any atom is 0.350 e. The van der Waals surface area contributed by atoms with Gasteiger partial charge in [-0.05, 0) is 30.7 Å². The van der Waals surface area contributed by atoms with Crippen LogP contribution in [0.4, 0.5) is 11.6 Å². The highest BCUT2D eigenvalue weighted by atomic mass is 32.2. The van der Waals surface area contributed by atoms with Crippen molar-refractivity contribution in [2.75, 3.05) is 18.1 Å². The highest BCUT2D eigenvalue weighted by molar-refractivity contribution is 8.00. The van der Waals surface area contributed by atoms with Crippen molar-refractivity contribution < 1.29 is 24.9 Å². The van der Waals surface area contributed by atoms with Crippen LogP contribution in [0.1, 0.15) is 41.4 Å². The van der Waals surface area contributed by atoms with Gasteiger partial charge in [0.05, 0.1) is 23.5 Å². The van der Waals surface area contributed by atoms with Crippen LogP contribution in [0.3, 0.4) is 0 Å². The smallest absolute Gasteiger partial charge is 0.350 e. The highest BCUT2D eigenvalue weighted by Gasteiger charge is 2.45. The van der Waals surface area contributed by atoms with Crippen LogP contribution in [0.15, 0.2) is 64.4 Å². The second-order valence-corrected chi connectivity index (χ2v) is 12.6. The fourth-order valence-electron chi connectivity index (χ4n) is 4.82. The Morgan fingerprint density at radius 1 is 0.905 bits per heavy atom. The van der Waals surface area contributed by atoms with Crippen LogP contribution in [0.2, 0.25) is 0 Å². The number of carbonyl (C=O) groups excluding carboxylic acids is 1. The molecule has 0 amide bonds. The standard InChI is InChI=1S/C18H21N3O3S.C9H13N3O4S/c1-3-13-11(2)15(24-17(22)12-7-5-4-6-8-12)16(25-13)21-10-9-14(19)20-18(21)23;10-5-1-2-12(9(16)11-5)8-7(15)6(14)4(3-13)17-8/h4-11,13,15-16H,3H2,1-2H3,(H2,19,20,23);1-2,4,6-8,13-15H,3H2,(H2,10,11,16)/t11-,13-,15-,16-;4-,6-,7-,8-/m11/s1. The lowest BCUT2D eigenvalue weighted by molar-refractivity contribution is 0.0101. The first kappa shape index (κ1) is 31.6. The number of carbonyl (C=O) groups is 1. The number of nitrogens with two attached hydrogens (primary N) is 2. The minimum absolute atomic E-state index is 0.1000. The van der Waals surface area contributed by atoms with Gasteiger partial charge in [-0.25, -0.2) is 14.4 Å². The third-order valence-corrected chi connectivity index (χ3v) is 10.6. The minimum atomic E-state index is -1.12. The maximum absolute atomic E-state index is 12.5. The van der Waals surface area contributed by atoms with Crippen molar-refractivity contribution in [3.63, 3.8) is 0 Å². The lowest BCUT2D eigenvalue weighted by Gasteiger charge is -2.24. The zero-order valence-corrected chi connectivity index (χ0v) is 24.6. The van der Waals surface area contributed by atoms with Gasteiger partial charge in [-0.2, -0.15) is 9.97 Å². The van der Waals surface area contributed by atoms with E-state index in [4.69, 9.17) is 21.3 Å². The number of nitrogen functional groups attached to an aromatic ring is 2. The summed E-state index contributed by atoms with van der Waals surface area (Å²) in [5, 5.41) is 27.3. The summed E-state index contributed by atoms with van der Waals surface area (Å²) in [6, 6.07) is 11.9. The summed E-state index contributed by atoms with van der Waals surface area (Å²) in [4.78, 5) is 43.7. The van der Waals surface area contributed by atoms with E-state index in [0.717, 1.165) is 18.2 Å². The average Bonchev–Trinajstić information content (AvgIpc) is 3.44. The third-order valence-electron chi connectivity index (χ3n) is 7.12. The number of ether oxygens (including phenoxy) is 1. The monoisotopic (exact) mass is 618 g/mol. The number of esters is 1. The van der Waals surface area contributed by atoms with E-state index in [-0.39, 0.29) is 35.5 Å². The molecule has 0 spiro atoms. The molecular weight excluding hydrogens is 584 g/mol. The molecule has 0 aliphatic carbocycles. The molecule has 0 radical (unpaired) electrons. The van der Waals surface area contributed by atoms with Gasteiger partial charge in [-0.15, -0.1) is 23.5 Å². The molecule has 0 unspecified atom stereocenters. The van der Waals surface area contributed by atoms with Crippen molar-refractivity contribution in [3.8, 4) is 0 Å². The number of thioether (sulfide) groups is 2. The molecule has 226 valence electrons. The number of benzene rings is 1. The molecule has 2 aliphatic heterocycles. The van der Waals surface area contributed by atoms with E-state index in [2.05, 4.69) is 23.8 Å². The third kappa shape index (κ3) is 6.81. The summed E-state index contributed by atoms with van der Waals surface area (Å²) in [6.45, 7) is 3.88. The molecule has 42 heavy (non-hydrogen) atoms. The summed E-state index contributed by atoms with van der Waals surface area (Å²) < 4.78 is 8.52. The Morgan fingerprint density at radius 2 is 1.45 bits per heavy atom. The van der Waals surface area contributed by atoms with Gasteiger partial charge in [-0.3, -0.25) is 9.13 Å². The lowest BCUT2D eigenvalue weighted by atomic mass is 9.99. The zero-order chi connectivity index (χ0) is 30.6. The van der Waals surface area contributed by atoms with E-state index in [1.807, 2.05) is 6.07 Å². The van der Waals surface area contributed by atoms with Crippen molar-refractivity contribution in [3.05, 3.63) is 81.4 Å². The predicted octanol–water partition coefficient (Wildman–Crippen LogP) is 0.865. The Hall–Kier alpha value is -3.37. The highest BCUT2D eigenvalue weighted by Crippen LogP contribution is 2.47. The van der Waals surface area contributed by atoms with E-state index in [9.17, 15) is 24.6 Å². The van der Waals surface area contributed by atoms with Crippen LogP contribution in [-0.2, 0) is 4.74 Å². The average molecular weight is 619 g/mol. The number of aromatic nitrogens is 4. The summed E-state index contributed by atoms with van der Waals surface area (Å²) in [6.07, 6.45) is 1.36. The Labute approximate surface area is 249 Å². The quantitative estimate of drug-likeness (QED) is 0.243. The Morgan fingerprint density at radius 3 is 1.95 bits per heavy atom. The molecule has 2 aromatic heterocycles. The van der Waals surface area contributed by atoms with E-state index >= 15 is 0 Å². The fourth-order valence-corrected chi connectivity index (χ4v) is 7.91. The number of hydrogen-bond donors (Lipinski definition) is 5. The topological polar surface area (TPSA) is 209 Å². The molecular formula is C27H34N6O7S2. The van der Waals surface area contributed by atoms with Crippen molar-refractivity contribution in [1.29, 1.82) is 0 Å². The van der Waals surface area contributed by atoms with Crippen LogP contribution in [0, 0.1) is 5.92 Å². The Balaban J connectivity index is 0.000000208. The van der Waals surface area contributed by atoms with E-state index in [1.54, 1.807) is 48.3 Å². The van der Waals surface area contributed by atoms with E-state index in [1.165, 1.54) is 21.4 Å². The molecule has 2 saturated heterocycles. The number of aliphatic hydroxyl groups excluding tert-OH is 3. The fraction of sp³-hybridized carbons (Fsp3) is 0.444. The number of nitrogens with zero attached hydrogens (tertiary/aromatic N) is 4. The van der Waals surface area contributed by atoms with Gasteiger partial charge in [0, 0.05) is 23.6 Å². The van der Waals surface area contributed by atoms with Crippen LogP contribution in [0.25, 0.3) is 0 Å². The summed E-state index contributed by atoms with van der Waals surface area (Å²) in [5.41, 5.74) is 10.4. The summed E-state index contributed by atoms with van der Waals surface area (Å²) in [5.74, 6) is 0.0264. The van der Waals surface area contributed by atoms with E-state index in [0.29, 0.717) is 10.8 Å². The second kappa shape index (κ2) is 13.7. The molecule has 8 atom stereocenters. The SMILES string of the molecule is CC[C@H]1S[C@@H](n2ccc(N)nc2=O)[C@H](OC(=O)c2ccccc2)[C@@H]1C.Nc1ccn([C@@H]2S[C@H](CO)[C@@H](O)[C@H]2O)c(=O)n1. The normalized spacial score (nSPS) is 28.6. The van der Waals surface area contributed by atoms with Gasteiger partial charge in [-0.1, -0.05) is 32.0 Å². The molecule has 2 aliphatic rings. The van der Waals surface area contributed by atoms with Gasteiger partial charge >= 0.3 is 17.3 Å². The minimum Gasteiger partial charge on any atom is -0.455 e. The zero-order valence-electron chi connectivity index (χ0n) is 23.0. The van der Waals surface area contributed by atoms with Crippen LogP contribution >= 0.6 is 23.5 Å². The van der Waals surface area contributed by atoms with Gasteiger partial charge in [0.1, 0.15) is 34.6 Å². The molecule has 3 aromatic rings. The largest absolute Gasteiger partial charge is 0.455 e. The first-order valence-electron chi connectivity index (χ1n) is 13.3. The van der Waals surface area contributed by atoms with Crippen molar-refractivity contribution in [2.45, 2.75) is 59.8 Å². The molecule has 0 bridgehead atoms. The molecule has 15 heteroatoms. The van der Waals surface area contributed by atoms with Gasteiger partial charge < -0.3 is 31.5 Å². The van der Waals surface area contributed by atoms with Crippen LogP contribution < -0.4 is 22.8 Å². The second-order valence-electron chi connectivity index (χ2n) is 9.88. The van der Waals surface area contributed by atoms with Crippen molar-refractivity contribution in [2.24, 2.45) is 5.92 Å². The predicted molar refractivity (Wildman–Crippen MR) is 161 cm³/mol. The van der Waals surface area contributed by atoms with Crippen molar-refractivity contribution in [1.82, 2.24) is 19.1 Å². The number of rotatable bonds is 6. The molecule has 0 saturated carbocycles. The molecule has 7 N–H and O–H groups in total. The van der Waals surface area contributed by atoms with Crippen LogP contribution in [-0.4, -0.2) is 75.8 Å². The molecule has 1 aromatic carbocycles. The lowest BCUT2D eigenvalue weighted by Crippen LogP contribution is -2.36. The number of hydrogen-bond acceptors (Lipinski definition) is 13. The van der Waals surface area contributed by atoms with Crippen LogP contribution in [0.5, 0.6) is 0 Å². The Kier molecular flexibility index (Phi) is 10.3. The maximum atomic E-state index is 12.5. The Bertz CT molecular complexity index is 1490. The van der Waals surface area contributed by atoms with Gasteiger partial charge in [0.25, 0.3) is 0 Å².